The van der Waals surface area contributed by atoms with Gasteiger partial charge in [-0.15, -0.1) is 0 Å². The number of aliphatic hydroxyl groups is 1. The molecule has 0 aliphatic carbocycles. The molecule has 0 fully saturated rings. The quantitative estimate of drug-likeness (QED) is 0.238. The van der Waals surface area contributed by atoms with Gasteiger partial charge >= 0.3 is 6.18 Å². The number of alkyl halides is 3. The van der Waals surface area contributed by atoms with Crippen LogP contribution < -0.4 is 4.74 Å². The largest absolute Gasteiger partial charge is 0.475 e. The van der Waals surface area contributed by atoms with E-state index in [2.05, 4.69) is 9.97 Å². The van der Waals surface area contributed by atoms with Gasteiger partial charge in [0.05, 0.1) is 22.4 Å². The highest BCUT2D eigenvalue weighted by molar-refractivity contribution is 6.33. The predicted molar refractivity (Wildman–Crippen MR) is 139 cm³/mol. The van der Waals surface area contributed by atoms with E-state index in [1.165, 1.54) is 16.6 Å². The summed E-state index contributed by atoms with van der Waals surface area (Å²) >= 11 is 12.7. The summed E-state index contributed by atoms with van der Waals surface area (Å²) in [6, 6.07) is 18.0. The molecule has 1 atom stereocenters. The first-order valence-electron chi connectivity index (χ1n) is 11.4. The number of ether oxygens (including phenoxy) is 1. The Labute approximate surface area is 225 Å². The molecule has 0 unspecified atom stereocenters. The van der Waals surface area contributed by atoms with Gasteiger partial charge in [-0.05, 0) is 42.8 Å². The second kappa shape index (κ2) is 10.2. The monoisotopic (exact) mass is 558 g/mol. The summed E-state index contributed by atoms with van der Waals surface area (Å²) < 4.78 is 46.7. The number of hydrogen-bond donors (Lipinski definition) is 1. The van der Waals surface area contributed by atoms with Crippen LogP contribution >= 0.6 is 23.2 Å². The Balaban J connectivity index is 1.81. The molecule has 0 aliphatic heterocycles. The summed E-state index contributed by atoms with van der Waals surface area (Å²) in [6.07, 6.45) is -4.24. The van der Waals surface area contributed by atoms with Crippen molar-refractivity contribution in [2.45, 2.75) is 19.2 Å². The number of benzene rings is 2. The van der Waals surface area contributed by atoms with Crippen molar-refractivity contribution in [3.63, 3.8) is 0 Å². The fourth-order valence-electron chi connectivity index (χ4n) is 3.92. The SMILES string of the molecule is C[C@H](O)COc1cc(-c2ccc(C(F)(F)F)nc2)n2nc(-c3ccccc3Cl)c(-c3ccc(Cl)cc3)c2n1. The third-order valence-electron chi connectivity index (χ3n) is 5.65. The number of aromatic nitrogens is 4. The Morgan fingerprint density at radius 1 is 1.00 bits per heavy atom. The molecule has 0 spiro atoms. The summed E-state index contributed by atoms with van der Waals surface area (Å²) in [5, 5.41) is 15.5. The van der Waals surface area contributed by atoms with Gasteiger partial charge in [0.1, 0.15) is 18.0 Å². The number of aliphatic hydroxyl groups excluding tert-OH is 1. The van der Waals surface area contributed by atoms with Crippen LogP contribution in [0.2, 0.25) is 10.0 Å². The van der Waals surface area contributed by atoms with Gasteiger partial charge in [0.15, 0.2) is 5.65 Å². The van der Waals surface area contributed by atoms with Crippen molar-refractivity contribution >= 4 is 28.8 Å². The zero-order valence-electron chi connectivity index (χ0n) is 19.7. The van der Waals surface area contributed by atoms with Crippen molar-refractivity contribution < 1.29 is 23.0 Å². The van der Waals surface area contributed by atoms with Gasteiger partial charge in [0.2, 0.25) is 5.88 Å². The first-order chi connectivity index (χ1) is 18.1. The number of halogens is 5. The molecule has 1 N–H and O–H groups in total. The normalized spacial score (nSPS) is 12.6. The number of rotatable bonds is 6. The van der Waals surface area contributed by atoms with Crippen LogP contribution in [0.5, 0.6) is 5.88 Å². The van der Waals surface area contributed by atoms with Crippen LogP contribution in [0.1, 0.15) is 12.6 Å². The summed E-state index contributed by atoms with van der Waals surface area (Å²) in [6.45, 7) is 1.52. The minimum atomic E-state index is -4.58. The predicted octanol–water partition coefficient (Wildman–Crippen LogP) is 7.21. The molecular weight excluding hydrogens is 540 g/mol. The molecule has 3 heterocycles. The first kappa shape index (κ1) is 26.0. The Bertz CT molecular complexity index is 1600. The van der Waals surface area contributed by atoms with E-state index in [0.29, 0.717) is 43.8 Å². The van der Waals surface area contributed by atoms with Crippen molar-refractivity contribution in [3.05, 3.63) is 88.7 Å². The third-order valence-corrected chi connectivity index (χ3v) is 6.23. The topological polar surface area (TPSA) is 72.5 Å². The van der Waals surface area contributed by atoms with Crippen molar-refractivity contribution in [3.8, 4) is 39.5 Å². The van der Waals surface area contributed by atoms with Crippen LogP contribution in [0.15, 0.2) is 72.9 Å². The molecule has 0 radical (unpaired) electrons. The average Bonchev–Trinajstić information content (AvgIpc) is 3.26. The minimum absolute atomic E-state index is 0.0460. The first-order valence-corrected chi connectivity index (χ1v) is 12.2. The van der Waals surface area contributed by atoms with Crippen LogP contribution in [0.25, 0.3) is 39.3 Å². The molecule has 194 valence electrons. The van der Waals surface area contributed by atoms with Gasteiger partial charge in [-0.2, -0.15) is 23.3 Å². The molecule has 6 nitrogen and oxygen atoms in total. The zero-order chi connectivity index (χ0) is 27.0. The van der Waals surface area contributed by atoms with Gasteiger partial charge in [0, 0.05) is 28.4 Å². The smallest absolute Gasteiger partial charge is 0.433 e. The van der Waals surface area contributed by atoms with E-state index in [-0.39, 0.29) is 12.5 Å². The fourth-order valence-corrected chi connectivity index (χ4v) is 4.27. The minimum Gasteiger partial charge on any atom is -0.475 e. The van der Waals surface area contributed by atoms with Gasteiger partial charge < -0.3 is 9.84 Å². The van der Waals surface area contributed by atoms with Gasteiger partial charge in [-0.3, -0.25) is 4.98 Å². The number of pyridine rings is 1. The second-order valence-electron chi connectivity index (χ2n) is 8.52. The van der Waals surface area contributed by atoms with Gasteiger partial charge in [-0.1, -0.05) is 53.5 Å². The highest BCUT2D eigenvalue weighted by atomic mass is 35.5. The number of hydrogen-bond acceptors (Lipinski definition) is 5. The molecule has 5 aromatic rings. The van der Waals surface area contributed by atoms with Crippen molar-refractivity contribution in [1.29, 1.82) is 0 Å². The van der Waals surface area contributed by atoms with E-state index >= 15 is 0 Å². The Morgan fingerprint density at radius 2 is 1.71 bits per heavy atom. The average molecular weight is 559 g/mol. The zero-order valence-corrected chi connectivity index (χ0v) is 21.3. The highest BCUT2D eigenvalue weighted by Gasteiger charge is 2.32. The number of nitrogens with zero attached hydrogens (tertiary/aromatic N) is 4. The molecule has 0 aliphatic rings. The third kappa shape index (κ3) is 5.18. The molecule has 11 heteroatoms. The summed E-state index contributed by atoms with van der Waals surface area (Å²) in [4.78, 5) is 8.26. The molecule has 38 heavy (non-hydrogen) atoms. The Hall–Kier alpha value is -3.66. The van der Waals surface area contributed by atoms with E-state index in [4.69, 9.17) is 33.0 Å². The molecule has 0 amide bonds. The maximum Gasteiger partial charge on any atom is 0.433 e. The van der Waals surface area contributed by atoms with Crippen molar-refractivity contribution in [2.24, 2.45) is 0 Å². The lowest BCUT2D eigenvalue weighted by atomic mass is 10.0. The van der Waals surface area contributed by atoms with E-state index in [9.17, 15) is 18.3 Å². The van der Waals surface area contributed by atoms with Gasteiger partial charge in [0.25, 0.3) is 0 Å². The van der Waals surface area contributed by atoms with Crippen molar-refractivity contribution in [2.75, 3.05) is 6.61 Å². The van der Waals surface area contributed by atoms with Crippen LogP contribution in [0.4, 0.5) is 13.2 Å². The lowest BCUT2D eigenvalue weighted by Crippen LogP contribution is -2.14. The lowest BCUT2D eigenvalue weighted by molar-refractivity contribution is -0.141. The van der Waals surface area contributed by atoms with Crippen LogP contribution in [0, 0.1) is 0 Å². The molecule has 0 bridgehead atoms. The standard InChI is InChI=1S/C27H19Cl2F3N4O2/c1-15(37)14-38-23-12-21(17-8-11-22(33-13-17)27(30,31)32)36-26(34-23)24(16-6-9-18(28)10-7-16)25(35-36)19-4-2-3-5-20(19)29/h2-13,15,37H,14H2,1H3/t15-/m0/s1. The van der Waals surface area contributed by atoms with Crippen molar-refractivity contribution in [1.82, 2.24) is 19.6 Å². The molecule has 0 saturated heterocycles. The van der Waals surface area contributed by atoms with Crippen LogP contribution in [-0.4, -0.2) is 37.4 Å². The highest BCUT2D eigenvalue weighted by Crippen LogP contribution is 2.40. The van der Waals surface area contributed by atoms with E-state index in [1.54, 1.807) is 31.2 Å². The maximum absolute atomic E-state index is 13.2. The molecule has 5 rings (SSSR count). The molecule has 3 aromatic heterocycles. The Kier molecular flexibility index (Phi) is 7.00. The van der Waals surface area contributed by atoms with E-state index in [0.717, 1.165) is 17.8 Å². The maximum atomic E-state index is 13.2. The summed E-state index contributed by atoms with van der Waals surface area (Å²) in [7, 11) is 0. The van der Waals surface area contributed by atoms with E-state index < -0.39 is 18.0 Å². The summed E-state index contributed by atoms with van der Waals surface area (Å²) in [5.74, 6) is 0.147. The fraction of sp³-hybridized carbons (Fsp3) is 0.148. The lowest BCUT2D eigenvalue weighted by Gasteiger charge is -2.12. The summed E-state index contributed by atoms with van der Waals surface area (Å²) in [5.41, 5.74) is 2.55. The molecule has 0 saturated carbocycles. The second-order valence-corrected chi connectivity index (χ2v) is 9.36. The number of fused-ring (bicyclic) bond motifs is 1. The molecular formula is C27H19Cl2F3N4O2. The van der Waals surface area contributed by atoms with Gasteiger partial charge in [-0.25, -0.2) is 4.52 Å². The molecule has 2 aromatic carbocycles. The Morgan fingerprint density at radius 3 is 2.34 bits per heavy atom. The van der Waals surface area contributed by atoms with Crippen LogP contribution in [-0.2, 0) is 6.18 Å². The van der Waals surface area contributed by atoms with Crippen LogP contribution in [0.3, 0.4) is 0 Å². The van der Waals surface area contributed by atoms with E-state index in [1.807, 2.05) is 24.3 Å².